The lowest BCUT2D eigenvalue weighted by Crippen LogP contribution is -2.25. The highest BCUT2D eigenvalue weighted by Gasteiger charge is 2.29. The first-order chi connectivity index (χ1) is 11.8. The van der Waals surface area contributed by atoms with Crippen LogP contribution in [0.3, 0.4) is 0 Å². The van der Waals surface area contributed by atoms with Gasteiger partial charge in [-0.3, -0.25) is 0 Å². The molecule has 0 aliphatic heterocycles. The van der Waals surface area contributed by atoms with Crippen LogP contribution >= 0.6 is 0 Å². The molecule has 0 amide bonds. The average Bonchev–Trinajstić information content (AvgIpc) is 2.67. The molecule has 3 aliphatic carbocycles. The number of rotatable bonds is 5. The van der Waals surface area contributed by atoms with Crippen molar-refractivity contribution in [3.05, 3.63) is 37.5 Å². The minimum absolute atomic E-state index is 0.793. The summed E-state index contributed by atoms with van der Waals surface area (Å²) >= 11 is 0. The van der Waals surface area contributed by atoms with Crippen molar-refractivity contribution in [2.45, 2.75) is 77.0 Å². The van der Waals surface area contributed by atoms with Crippen molar-refractivity contribution in [1.29, 1.82) is 0 Å². The first kappa shape index (κ1) is 18.0. The Labute approximate surface area is 150 Å². The van der Waals surface area contributed by atoms with E-state index in [-0.39, 0.29) is 0 Å². The molecule has 0 saturated heterocycles. The molecule has 0 N–H and O–H groups in total. The van der Waals surface area contributed by atoms with Crippen LogP contribution in [0.5, 0.6) is 0 Å². The summed E-state index contributed by atoms with van der Waals surface area (Å²) in [7, 11) is 0. The lowest BCUT2D eigenvalue weighted by atomic mass is 9.69. The van der Waals surface area contributed by atoms with Crippen molar-refractivity contribution in [1.82, 2.24) is 0 Å². The van der Waals surface area contributed by atoms with E-state index in [2.05, 4.69) is 37.5 Å². The monoisotopic (exact) mass is 326 g/mol. The van der Waals surface area contributed by atoms with Gasteiger partial charge in [-0.05, 0) is 113 Å². The molecule has 3 fully saturated rings. The molecule has 0 heterocycles. The van der Waals surface area contributed by atoms with E-state index in [4.69, 9.17) is 0 Å². The fourth-order valence-electron chi connectivity index (χ4n) is 5.55. The van der Waals surface area contributed by atoms with Crippen molar-refractivity contribution < 1.29 is 0 Å². The minimum Gasteiger partial charge on any atom is -0.103 e. The van der Waals surface area contributed by atoms with Gasteiger partial charge in [0.25, 0.3) is 0 Å². The summed E-state index contributed by atoms with van der Waals surface area (Å²) in [5.74, 6) is 5.40. The van der Waals surface area contributed by atoms with Crippen LogP contribution in [0, 0.1) is 35.5 Å². The van der Waals surface area contributed by atoms with Crippen LogP contribution in [-0.2, 0) is 0 Å². The van der Waals surface area contributed by atoms with Gasteiger partial charge < -0.3 is 0 Å². The fraction of sp³-hybridized carbons (Fsp3) is 0.750. The van der Waals surface area contributed by atoms with Crippen LogP contribution in [0.25, 0.3) is 0 Å². The van der Waals surface area contributed by atoms with Crippen molar-refractivity contribution in [3.8, 4) is 0 Å². The Hall–Kier alpha value is -0.780. The van der Waals surface area contributed by atoms with E-state index in [1.165, 1.54) is 77.0 Å². The van der Waals surface area contributed by atoms with E-state index in [0.29, 0.717) is 0 Å². The van der Waals surface area contributed by atoms with Gasteiger partial charge in [0.15, 0.2) is 0 Å². The Morgan fingerprint density at radius 2 is 0.708 bits per heavy atom. The maximum absolute atomic E-state index is 3.99. The molecule has 0 atom stereocenters. The van der Waals surface area contributed by atoms with Crippen molar-refractivity contribution in [2.75, 3.05) is 0 Å². The first-order valence-corrected chi connectivity index (χ1v) is 10.7. The summed E-state index contributed by atoms with van der Waals surface area (Å²) in [5, 5.41) is 0. The molecule has 0 unspecified atom stereocenters. The number of hydrogen-bond acceptors (Lipinski definition) is 0. The fourth-order valence-corrected chi connectivity index (χ4v) is 5.55. The second-order valence-electron chi connectivity index (χ2n) is 8.88. The maximum Gasteiger partial charge on any atom is -0.0233 e. The second-order valence-corrected chi connectivity index (χ2v) is 8.88. The van der Waals surface area contributed by atoms with Crippen molar-refractivity contribution in [2.24, 2.45) is 35.5 Å². The van der Waals surface area contributed by atoms with Gasteiger partial charge in [0.05, 0.1) is 0 Å². The Kier molecular flexibility index (Phi) is 6.81. The smallest absolute Gasteiger partial charge is 0.0233 e. The third-order valence-electron chi connectivity index (χ3n) is 7.44. The van der Waals surface area contributed by atoms with Crippen molar-refractivity contribution >= 4 is 0 Å². The first-order valence-electron chi connectivity index (χ1n) is 10.7. The Morgan fingerprint density at radius 3 is 1.08 bits per heavy atom. The maximum atomic E-state index is 3.99. The van der Waals surface area contributed by atoms with Gasteiger partial charge in [-0.2, -0.15) is 0 Å². The predicted molar refractivity (Wildman–Crippen MR) is 106 cm³/mol. The molecule has 3 rings (SSSR count). The third-order valence-corrected chi connectivity index (χ3v) is 7.44. The summed E-state index contributed by atoms with van der Waals surface area (Å²) in [6.45, 7) is 7.95. The van der Waals surface area contributed by atoms with Gasteiger partial charge in [0, 0.05) is 0 Å². The van der Waals surface area contributed by atoms with Gasteiger partial charge in [0.1, 0.15) is 0 Å². The Bertz CT molecular complexity index is 407. The Morgan fingerprint density at radius 1 is 0.417 bits per heavy atom. The average molecular weight is 327 g/mol. The highest BCUT2D eigenvalue weighted by Crippen LogP contribution is 2.42. The quantitative estimate of drug-likeness (QED) is 0.464. The van der Waals surface area contributed by atoms with Crippen LogP contribution in [0.4, 0.5) is 0 Å². The molecule has 0 heteroatoms. The number of allylic oxidation sites excluding steroid dienone is 4. The van der Waals surface area contributed by atoms with E-state index in [1.54, 1.807) is 0 Å². The van der Waals surface area contributed by atoms with E-state index in [1.807, 2.05) is 0 Å². The van der Waals surface area contributed by atoms with Crippen molar-refractivity contribution in [3.63, 3.8) is 0 Å². The van der Waals surface area contributed by atoms with Crippen LogP contribution in [0.15, 0.2) is 37.5 Å². The zero-order chi connectivity index (χ0) is 16.8. The Balaban J connectivity index is 1.37. The lowest BCUT2D eigenvalue weighted by molar-refractivity contribution is 0.166. The summed E-state index contributed by atoms with van der Waals surface area (Å²) in [4.78, 5) is 0. The van der Waals surface area contributed by atoms with Gasteiger partial charge in [-0.25, -0.2) is 0 Å². The predicted octanol–water partition coefficient (Wildman–Crippen LogP) is 7.33. The van der Waals surface area contributed by atoms with Crippen LogP contribution in [0.1, 0.15) is 77.0 Å². The SMILES string of the molecule is C=CC1CCC(C=CC2CCC(C3CCC(C=C)CC3)CC2)CC1. The molecular formula is C24H38. The zero-order valence-electron chi connectivity index (χ0n) is 15.7. The molecule has 0 aromatic carbocycles. The summed E-state index contributed by atoms with van der Waals surface area (Å²) < 4.78 is 0. The van der Waals surface area contributed by atoms with E-state index >= 15 is 0 Å². The normalized spacial score (nSPS) is 41.2. The van der Waals surface area contributed by atoms with Crippen LogP contribution < -0.4 is 0 Å². The highest BCUT2D eigenvalue weighted by atomic mass is 14.3. The van der Waals surface area contributed by atoms with Gasteiger partial charge in [0.2, 0.25) is 0 Å². The molecule has 3 saturated carbocycles. The second kappa shape index (κ2) is 9.07. The standard InChI is InChI=1S/C24H38/c1-3-19-5-7-21(8-6-19)9-10-22-13-17-24(18-14-22)23-15-11-20(4-2)12-16-23/h3-4,9-10,19-24H,1-2,5-8,11-18H2. The molecule has 0 aromatic heterocycles. The molecule has 0 radical (unpaired) electrons. The molecule has 24 heavy (non-hydrogen) atoms. The number of hydrogen-bond donors (Lipinski definition) is 0. The van der Waals surface area contributed by atoms with E-state index in [9.17, 15) is 0 Å². The summed E-state index contributed by atoms with van der Waals surface area (Å²) in [6, 6.07) is 0. The molecule has 0 bridgehead atoms. The van der Waals surface area contributed by atoms with Gasteiger partial charge in [-0.1, -0.05) is 24.3 Å². The summed E-state index contributed by atoms with van der Waals surface area (Å²) in [5.41, 5.74) is 0. The largest absolute Gasteiger partial charge is 0.103 e. The zero-order valence-corrected chi connectivity index (χ0v) is 15.7. The summed E-state index contributed by atoms with van der Waals surface area (Å²) in [6.07, 6.45) is 26.7. The van der Waals surface area contributed by atoms with Crippen LogP contribution in [0.2, 0.25) is 0 Å². The van der Waals surface area contributed by atoms with Crippen LogP contribution in [-0.4, -0.2) is 0 Å². The van der Waals surface area contributed by atoms with E-state index < -0.39 is 0 Å². The molecule has 134 valence electrons. The lowest BCUT2D eigenvalue weighted by Gasteiger charge is -2.37. The molecule has 3 aliphatic rings. The highest BCUT2D eigenvalue weighted by molar-refractivity contribution is 4.98. The molecule has 0 spiro atoms. The van der Waals surface area contributed by atoms with Gasteiger partial charge in [-0.15, -0.1) is 13.2 Å². The molecule has 0 aromatic rings. The van der Waals surface area contributed by atoms with E-state index in [0.717, 1.165) is 35.5 Å². The van der Waals surface area contributed by atoms with Gasteiger partial charge >= 0.3 is 0 Å². The third kappa shape index (κ3) is 4.87. The molecular weight excluding hydrogens is 288 g/mol. The topological polar surface area (TPSA) is 0 Å². The molecule has 0 nitrogen and oxygen atoms in total. The minimum atomic E-state index is 0.793.